The summed E-state index contributed by atoms with van der Waals surface area (Å²) in [5.74, 6) is 1.76. The zero-order valence-corrected chi connectivity index (χ0v) is 11.2. The summed E-state index contributed by atoms with van der Waals surface area (Å²) in [6.07, 6.45) is 2.86. The van der Waals surface area contributed by atoms with Crippen molar-refractivity contribution in [2.45, 2.75) is 13.0 Å². The Hall–Kier alpha value is -2.36. The van der Waals surface area contributed by atoms with E-state index in [1.807, 2.05) is 42.5 Å². The fraction of sp³-hybridized carbons (Fsp3) is 0.250. The van der Waals surface area contributed by atoms with Crippen LogP contribution >= 0.6 is 0 Å². The topological polar surface area (TPSA) is 46.5 Å². The first kappa shape index (κ1) is 12.7. The van der Waals surface area contributed by atoms with Crippen LogP contribution in [0.2, 0.25) is 0 Å². The summed E-state index contributed by atoms with van der Waals surface area (Å²) >= 11 is 0. The monoisotopic (exact) mass is 267 g/mol. The molecule has 1 aromatic heterocycles. The summed E-state index contributed by atoms with van der Waals surface area (Å²) in [6, 6.07) is 13.8. The molecule has 0 spiro atoms. The van der Waals surface area contributed by atoms with Crippen molar-refractivity contribution < 1.29 is 4.74 Å². The van der Waals surface area contributed by atoms with Gasteiger partial charge in [0.05, 0.1) is 11.3 Å². The van der Waals surface area contributed by atoms with E-state index in [0.717, 1.165) is 42.4 Å². The lowest BCUT2D eigenvalue weighted by atomic mass is 10.1. The summed E-state index contributed by atoms with van der Waals surface area (Å²) in [5, 5.41) is 3.33. The Morgan fingerprint density at radius 2 is 2.00 bits per heavy atom. The molecule has 0 radical (unpaired) electrons. The van der Waals surface area contributed by atoms with E-state index < -0.39 is 0 Å². The van der Waals surface area contributed by atoms with E-state index in [-0.39, 0.29) is 0 Å². The molecule has 20 heavy (non-hydrogen) atoms. The van der Waals surface area contributed by atoms with E-state index in [0.29, 0.717) is 6.61 Å². The highest BCUT2D eigenvalue weighted by atomic mass is 16.5. The molecule has 102 valence electrons. The molecule has 0 unspecified atom stereocenters. The van der Waals surface area contributed by atoms with Gasteiger partial charge in [-0.3, -0.25) is 9.98 Å². The quantitative estimate of drug-likeness (QED) is 0.925. The van der Waals surface area contributed by atoms with Crippen LogP contribution in [0.1, 0.15) is 17.7 Å². The first-order valence-electron chi connectivity index (χ1n) is 6.84. The molecule has 1 aliphatic rings. The molecule has 2 aromatic rings. The van der Waals surface area contributed by atoms with Crippen molar-refractivity contribution in [1.29, 1.82) is 0 Å². The molecule has 1 aromatic carbocycles. The van der Waals surface area contributed by atoms with Crippen molar-refractivity contribution in [3.63, 3.8) is 0 Å². The van der Waals surface area contributed by atoms with Crippen LogP contribution in [0.15, 0.2) is 53.7 Å². The molecule has 0 saturated carbocycles. The second-order valence-electron chi connectivity index (χ2n) is 4.62. The van der Waals surface area contributed by atoms with Gasteiger partial charge in [-0.25, -0.2) is 0 Å². The van der Waals surface area contributed by atoms with Gasteiger partial charge >= 0.3 is 0 Å². The Labute approximate surface area is 118 Å². The minimum atomic E-state index is 0.463. The molecule has 0 amide bonds. The molecule has 0 atom stereocenters. The Kier molecular flexibility index (Phi) is 3.92. The molecule has 2 heterocycles. The maximum absolute atomic E-state index is 5.89. The highest BCUT2D eigenvalue weighted by Gasteiger charge is 2.12. The van der Waals surface area contributed by atoms with Gasteiger partial charge in [0, 0.05) is 19.3 Å². The number of aromatic nitrogens is 1. The number of rotatable bonds is 4. The number of pyridine rings is 1. The molecule has 4 nitrogen and oxygen atoms in total. The number of para-hydroxylation sites is 1. The van der Waals surface area contributed by atoms with Crippen molar-refractivity contribution in [3.05, 3.63) is 59.9 Å². The smallest absolute Gasteiger partial charge is 0.132 e. The SMILES string of the molecule is c1ccc(COc2ccccc2C2=NCCCN2)nc1. The van der Waals surface area contributed by atoms with Gasteiger partial charge < -0.3 is 10.1 Å². The third-order valence-corrected chi connectivity index (χ3v) is 3.14. The number of nitrogens with one attached hydrogen (secondary N) is 1. The van der Waals surface area contributed by atoms with Crippen LogP contribution in [-0.2, 0) is 6.61 Å². The molecule has 4 heteroatoms. The van der Waals surface area contributed by atoms with Crippen molar-refractivity contribution in [2.75, 3.05) is 13.1 Å². The average Bonchev–Trinajstić information content (AvgIpc) is 2.55. The van der Waals surface area contributed by atoms with Crippen LogP contribution in [-0.4, -0.2) is 23.9 Å². The van der Waals surface area contributed by atoms with Crippen LogP contribution in [0, 0.1) is 0 Å². The van der Waals surface area contributed by atoms with Gasteiger partial charge in [0.15, 0.2) is 0 Å². The number of benzene rings is 1. The molecule has 0 aliphatic carbocycles. The van der Waals surface area contributed by atoms with Gasteiger partial charge in [-0.1, -0.05) is 18.2 Å². The Morgan fingerprint density at radius 1 is 1.10 bits per heavy atom. The zero-order chi connectivity index (χ0) is 13.6. The summed E-state index contributed by atoms with van der Waals surface area (Å²) < 4.78 is 5.89. The standard InChI is InChI=1S/C16H17N3O/c1-2-8-15(20-12-13-6-3-4-9-17-13)14(7-1)16-18-10-5-11-19-16/h1-4,6-9H,5,10-12H2,(H,18,19). The Morgan fingerprint density at radius 3 is 2.80 bits per heavy atom. The number of aliphatic imine (C=N–C) groups is 1. The maximum Gasteiger partial charge on any atom is 0.132 e. The van der Waals surface area contributed by atoms with Crippen LogP contribution in [0.3, 0.4) is 0 Å². The van der Waals surface area contributed by atoms with Crippen molar-refractivity contribution >= 4 is 5.84 Å². The third-order valence-electron chi connectivity index (χ3n) is 3.14. The normalized spacial score (nSPS) is 14.3. The number of amidine groups is 1. The van der Waals surface area contributed by atoms with Crippen LogP contribution in [0.25, 0.3) is 0 Å². The molecule has 1 N–H and O–H groups in total. The first-order valence-corrected chi connectivity index (χ1v) is 6.84. The van der Waals surface area contributed by atoms with Gasteiger partial charge in [-0.05, 0) is 30.7 Å². The van der Waals surface area contributed by atoms with Crippen LogP contribution in [0.5, 0.6) is 5.75 Å². The highest BCUT2D eigenvalue weighted by Crippen LogP contribution is 2.20. The van der Waals surface area contributed by atoms with E-state index in [2.05, 4.69) is 15.3 Å². The highest BCUT2D eigenvalue weighted by molar-refractivity contribution is 6.01. The van der Waals surface area contributed by atoms with Gasteiger partial charge in [0.1, 0.15) is 18.2 Å². The summed E-state index contributed by atoms with van der Waals surface area (Å²) in [5.41, 5.74) is 1.93. The Balaban J connectivity index is 1.78. The number of ether oxygens (including phenoxy) is 1. The lowest BCUT2D eigenvalue weighted by Crippen LogP contribution is -2.30. The average molecular weight is 267 g/mol. The van der Waals surface area contributed by atoms with Crippen LogP contribution in [0.4, 0.5) is 0 Å². The first-order chi connectivity index (χ1) is 9.93. The largest absolute Gasteiger partial charge is 0.487 e. The van der Waals surface area contributed by atoms with Crippen molar-refractivity contribution in [1.82, 2.24) is 10.3 Å². The van der Waals surface area contributed by atoms with Gasteiger partial charge in [-0.15, -0.1) is 0 Å². The van der Waals surface area contributed by atoms with Crippen LogP contribution < -0.4 is 10.1 Å². The minimum Gasteiger partial charge on any atom is -0.487 e. The summed E-state index contributed by atoms with van der Waals surface area (Å²) in [6.45, 7) is 2.30. The molecular weight excluding hydrogens is 250 g/mol. The summed E-state index contributed by atoms with van der Waals surface area (Å²) in [4.78, 5) is 8.79. The molecule has 1 aliphatic heterocycles. The maximum atomic E-state index is 5.89. The van der Waals surface area contributed by atoms with Gasteiger partial charge in [-0.2, -0.15) is 0 Å². The second-order valence-corrected chi connectivity index (χ2v) is 4.62. The van der Waals surface area contributed by atoms with E-state index in [1.54, 1.807) is 6.20 Å². The number of hydrogen-bond donors (Lipinski definition) is 1. The van der Waals surface area contributed by atoms with Crippen molar-refractivity contribution in [3.8, 4) is 5.75 Å². The fourth-order valence-electron chi connectivity index (χ4n) is 2.14. The van der Waals surface area contributed by atoms with E-state index in [4.69, 9.17) is 4.74 Å². The number of hydrogen-bond acceptors (Lipinski definition) is 4. The van der Waals surface area contributed by atoms with E-state index in [9.17, 15) is 0 Å². The molecular formula is C16H17N3O. The van der Waals surface area contributed by atoms with E-state index in [1.165, 1.54) is 0 Å². The molecule has 3 rings (SSSR count). The second kappa shape index (κ2) is 6.19. The summed E-state index contributed by atoms with van der Waals surface area (Å²) in [7, 11) is 0. The minimum absolute atomic E-state index is 0.463. The van der Waals surface area contributed by atoms with Gasteiger partial charge in [0.2, 0.25) is 0 Å². The van der Waals surface area contributed by atoms with Crippen molar-refractivity contribution in [2.24, 2.45) is 4.99 Å². The lowest BCUT2D eigenvalue weighted by Gasteiger charge is -2.17. The molecule has 0 fully saturated rings. The van der Waals surface area contributed by atoms with E-state index >= 15 is 0 Å². The lowest BCUT2D eigenvalue weighted by molar-refractivity contribution is 0.300. The number of nitrogens with zero attached hydrogens (tertiary/aromatic N) is 2. The molecule has 0 saturated heterocycles. The predicted octanol–water partition coefficient (Wildman–Crippen LogP) is 2.40. The zero-order valence-electron chi connectivity index (χ0n) is 11.2. The fourth-order valence-corrected chi connectivity index (χ4v) is 2.14. The third kappa shape index (κ3) is 2.96. The molecule has 0 bridgehead atoms. The van der Waals surface area contributed by atoms with Gasteiger partial charge in [0.25, 0.3) is 0 Å². The predicted molar refractivity (Wildman–Crippen MR) is 79.0 cm³/mol. The Bertz CT molecular complexity index is 596.